The number of hydrogen-bond acceptors (Lipinski definition) is 7. The van der Waals surface area contributed by atoms with Crippen LogP contribution in [0.25, 0.3) is 10.2 Å². The number of hydrogen-bond donors (Lipinski definition) is 0. The largest absolute Gasteiger partial charge is 0.497 e. The molecule has 1 fully saturated rings. The molecular formula is C24H29N3O4S. The van der Waals surface area contributed by atoms with Crippen molar-refractivity contribution in [2.75, 3.05) is 58.5 Å². The third-order valence-corrected chi connectivity index (χ3v) is 6.65. The van der Waals surface area contributed by atoms with E-state index in [1.54, 1.807) is 25.6 Å². The van der Waals surface area contributed by atoms with Gasteiger partial charge in [-0.1, -0.05) is 23.5 Å². The minimum Gasteiger partial charge on any atom is -0.497 e. The lowest BCUT2D eigenvalue weighted by Gasteiger charge is -2.27. The molecule has 0 spiro atoms. The predicted molar refractivity (Wildman–Crippen MR) is 127 cm³/mol. The van der Waals surface area contributed by atoms with Gasteiger partial charge in [-0.15, -0.1) is 0 Å². The van der Waals surface area contributed by atoms with Crippen molar-refractivity contribution in [1.29, 1.82) is 0 Å². The van der Waals surface area contributed by atoms with Crippen LogP contribution in [0, 0.1) is 0 Å². The SMILES string of the molecule is COc1ccc(CC(=O)N(CCCN2CCOCC2)c2nc3cc(OC)ccc3s2)cc1. The number of carbonyl (C=O) groups is 1. The molecule has 1 aliphatic heterocycles. The minimum absolute atomic E-state index is 0.0446. The van der Waals surface area contributed by atoms with E-state index in [0.29, 0.717) is 13.0 Å². The maximum Gasteiger partial charge on any atom is 0.233 e. The number of methoxy groups -OCH3 is 2. The Morgan fingerprint density at radius 2 is 1.81 bits per heavy atom. The number of morpholine rings is 1. The minimum atomic E-state index is 0.0446. The average Bonchev–Trinajstić information content (AvgIpc) is 3.25. The first-order valence-electron chi connectivity index (χ1n) is 10.8. The first kappa shape index (κ1) is 22.5. The summed E-state index contributed by atoms with van der Waals surface area (Å²) in [5, 5.41) is 0.730. The Bertz CT molecular complexity index is 1030. The first-order chi connectivity index (χ1) is 15.7. The molecular weight excluding hydrogens is 426 g/mol. The van der Waals surface area contributed by atoms with Crippen molar-refractivity contribution in [3.63, 3.8) is 0 Å². The van der Waals surface area contributed by atoms with E-state index in [-0.39, 0.29) is 5.91 Å². The topological polar surface area (TPSA) is 64.1 Å². The predicted octanol–water partition coefficient (Wildman–Crippen LogP) is 3.61. The summed E-state index contributed by atoms with van der Waals surface area (Å²) < 4.78 is 17.0. The van der Waals surface area contributed by atoms with Crippen molar-refractivity contribution in [2.45, 2.75) is 12.8 Å². The van der Waals surface area contributed by atoms with Crippen LogP contribution in [-0.4, -0.2) is 69.4 Å². The van der Waals surface area contributed by atoms with Crippen LogP contribution in [-0.2, 0) is 16.0 Å². The van der Waals surface area contributed by atoms with Gasteiger partial charge in [0.25, 0.3) is 0 Å². The number of ether oxygens (including phenoxy) is 3. The number of rotatable bonds is 9. The van der Waals surface area contributed by atoms with Crippen LogP contribution in [0.3, 0.4) is 0 Å². The van der Waals surface area contributed by atoms with Gasteiger partial charge in [0.2, 0.25) is 5.91 Å². The maximum atomic E-state index is 13.4. The van der Waals surface area contributed by atoms with Crippen LogP contribution in [0.1, 0.15) is 12.0 Å². The Hall–Kier alpha value is -2.68. The molecule has 32 heavy (non-hydrogen) atoms. The average molecular weight is 456 g/mol. The number of benzene rings is 2. The van der Waals surface area contributed by atoms with Crippen LogP contribution >= 0.6 is 11.3 Å². The summed E-state index contributed by atoms with van der Waals surface area (Å²) in [5.74, 6) is 1.59. The van der Waals surface area contributed by atoms with E-state index in [0.717, 1.165) is 71.7 Å². The van der Waals surface area contributed by atoms with Crippen molar-refractivity contribution < 1.29 is 19.0 Å². The molecule has 1 aliphatic rings. The highest BCUT2D eigenvalue weighted by molar-refractivity contribution is 7.22. The molecule has 0 saturated carbocycles. The number of amides is 1. The molecule has 170 valence electrons. The number of thiazole rings is 1. The lowest BCUT2D eigenvalue weighted by atomic mass is 10.1. The van der Waals surface area contributed by atoms with Crippen molar-refractivity contribution in [3.05, 3.63) is 48.0 Å². The van der Waals surface area contributed by atoms with Crippen LogP contribution < -0.4 is 14.4 Å². The molecule has 0 N–H and O–H groups in total. The van der Waals surface area contributed by atoms with Gasteiger partial charge in [-0.3, -0.25) is 14.6 Å². The standard InChI is InChI=1S/C24H29N3O4S/c1-29-19-6-4-18(5-7-19)16-23(28)27(11-3-10-26-12-14-31-15-13-26)24-25-21-17-20(30-2)8-9-22(21)32-24/h4-9,17H,3,10-16H2,1-2H3. The number of nitrogens with zero attached hydrogens (tertiary/aromatic N) is 3. The normalized spacial score (nSPS) is 14.4. The Morgan fingerprint density at radius 1 is 1.09 bits per heavy atom. The maximum absolute atomic E-state index is 13.4. The second kappa shape index (κ2) is 10.8. The monoisotopic (exact) mass is 455 g/mol. The fourth-order valence-corrected chi connectivity index (χ4v) is 4.74. The van der Waals surface area contributed by atoms with E-state index in [1.807, 2.05) is 47.4 Å². The molecule has 1 amide bonds. The van der Waals surface area contributed by atoms with E-state index in [1.165, 1.54) is 0 Å². The summed E-state index contributed by atoms with van der Waals surface area (Å²) in [6, 6.07) is 13.5. The smallest absolute Gasteiger partial charge is 0.233 e. The molecule has 0 bridgehead atoms. The quantitative estimate of drug-likeness (QED) is 0.491. The zero-order chi connectivity index (χ0) is 22.3. The van der Waals surface area contributed by atoms with Crippen LogP contribution in [0.4, 0.5) is 5.13 Å². The molecule has 1 aromatic heterocycles. The van der Waals surface area contributed by atoms with Gasteiger partial charge in [-0.25, -0.2) is 4.98 Å². The second-order valence-corrected chi connectivity index (χ2v) is 8.72. The lowest BCUT2D eigenvalue weighted by molar-refractivity contribution is -0.118. The fourth-order valence-electron chi connectivity index (χ4n) is 3.76. The van der Waals surface area contributed by atoms with E-state index >= 15 is 0 Å². The fraction of sp³-hybridized carbons (Fsp3) is 0.417. The highest BCUT2D eigenvalue weighted by atomic mass is 32.1. The third kappa shape index (κ3) is 5.56. The number of anilines is 1. The van der Waals surface area contributed by atoms with Gasteiger partial charge in [0, 0.05) is 32.2 Å². The summed E-state index contributed by atoms with van der Waals surface area (Å²) in [5.41, 5.74) is 1.80. The summed E-state index contributed by atoms with van der Waals surface area (Å²) in [7, 11) is 3.28. The zero-order valence-electron chi connectivity index (χ0n) is 18.6. The van der Waals surface area contributed by atoms with Crippen molar-refractivity contribution >= 4 is 32.6 Å². The number of fused-ring (bicyclic) bond motifs is 1. The van der Waals surface area contributed by atoms with E-state index in [4.69, 9.17) is 19.2 Å². The van der Waals surface area contributed by atoms with Crippen LogP contribution in [0.2, 0.25) is 0 Å². The van der Waals surface area contributed by atoms with Gasteiger partial charge in [0.15, 0.2) is 5.13 Å². The first-order valence-corrected chi connectivity index (χ1v) is 11.7. The van der Waals surface area contributed by atoms with Crippen molar-refractivity contribution in [2.24, 2.45) is 0 Å². The Labute approximate surface area is 192 Å². The number of aromatic nitrogens is 1. The molecule has 1 saturated heterocycles. The molecule has 0 radical (unpaired) electrons. The summed E-state index contributed by atoms with van der Waals surface area (Å²) >= 11 is 1.54. The van der Waals surface area contributed by atoms with Crippen molar-refractivity contribution in [3.8, 4) is 11.5 Å². The van der Waals surface area contributed by atoms with Gasteiger partial charge in [0.1, 0.15) is 11.5 Å². The van der Waals surface area contributed by atoms with Crippen molar-refractivity contribution in [1.82, 2.24) is 9.88 Å². The lowest BCUT2D eigenvalue weighted by Crippen LogP contribution is -2.39. The molecule has 2 aromatic carbocycles. The van der Waals surface area contributed by atoms with E-state index < -0.39 is 0 Å². The van der Waals surface area contributed by atoms with E-state index in [9.17, 15) is 4.79 Å². The highest BCUT2D eigenvalue weighted by Gasteiger charge is 2.21. The Balaban J connectivity index is 1.51. The second-order valence-electron chi connectivity index (χ2n) is 7.71. The highest BCUT2D eigenvalue weighted by Crippen LogP contribution is 2.31. The van der Waals surface area contributed by atoms with Gasteiger partial charge in [-0.2, -0.15) is 0 Å². The molecule has 8 heteroatoms. The van der Waals surface area contributed by atoms with Gasteiger partial charge < -0.3 is 14.2 Å². The van der Waals surface area contributed by atoms with Crippen LogP contribution in [0.15, 0.2) is 42.5 Å². The Morgan fingerprint density at radius 3 is 2.53 bits per heavy atom. The molecule has 0 unspecified atom stereocenters. The Kier molecular flexibility index (Phi) is 7.57. The van der Waals surface area contributed by atoms with Gasteiger partial charge in [0.05, 0.1) is 44.1 Å². The van der Waals surface area contributed by atoms with Gasteiger partial charge >= 0.3 is 0 Å². The number of carbonyl (C=O) groups excluding carboxylic acids is 1. The molecule has 0 atom stereocenters. The molecule has 0 aliphatic carbocycles. The summed E-state index contributed by atoms with van der Waals surface area (Å²) in [4.78, 5) is 22.3. The molecule has 2 heterocycles. The zero-order valence-corrected chi connectivity index (χ0v) is 19.4. The molecule has 3 aromatic rings. The summed E-state index contributed by atoms with van der Waals surface area (Å²) in [6.45, 7) is 5.01. The third-order valence-electron chi connectivity index (χ3n) is 5.59. The molecule has 4 rings (SSSR count). The van der Waals surface area contributed by atoms with E-state index in [2.05, 4.69) is 4.90 Å². The molecule has 7 nitrogen and oxygen atoms in total. The summed E-state index contributed by atoms with van der Waals surface area (Å²) in [6.07, 6.45) is 1.20. The van der Waals surface area contributed by atoms with Crippen LogP contribution in [0.5, 0.6) is 11.5 Å². The van der Waals surface area contributed by atoms with Gasteiger partial charge in [-0.05, 0) is 36.2 Å².